The molecule has 8 heteroatoms. The molecule has 0 radical (unpaired) electrons. The molecule has 2 N–H and O–H groups in total. The molecule has 1 aromatic carbocycles. The van der Waals surface area contributed by atoms with Gasteiger partial charge < -0.3 is 9.42 Å². The van der Waals surface area contributed by atoms with Crippen LogP contribution < -0.4 is 5.14 Å². The lowest BCUT2D eigenvalue weighted by Gasteiger charge is -2.25. The summed E-state index contributed by atoms with van der Waals surface area (Å²) in [5, 5.41) is 8.74. The normalized spacial score (nSPS) is 14.8. The number of nitrogens with two attached hydrogens (primary N) is 1. The number of hydrogen-bond donors (Lipinski definition) is 1. The molecule has 2 heterocycles. The molecule has 0 unspecified atom stereocenters. The van der Waals surface area contributed by atoms with Crippen molar-refractivity contribution in [1.29, 1.82) is 0 Å². The van der Waals surface area contributed by atoms with Gasteiger partial charge in [0.25, 0.3) is 5.91 Å². The van der Waals surface area contributed by atoms with Gasteiger partial charge in [0, 0.05) is 24.1 Å². The fourth-order valence-corrected chi connectivity index (χ4v) is 2.80. The SMILES string of the molecule is NS(=O)(=O)c1ccc(C(=O)N2CCc3oncc3C2)cc1. The average Bonchev–Trinajstić information content (AvgIpc) is 2.93. The minimum absolute atomic E-state index is 0.0148. The molecule has 2 aromatic rings. The summed E-state index contributed by atoms with van der Waals surface area (Å²) < 4.78 is 27.5. The van der Waals surface area contributed by atoms with E-state index in [4.69, 9.17) is 9.66 Å². The topological polar surface area (TPSA) is 106 Å². The van der Waals surface area contributed by atoms with E-state index >= 15 is 0 Å². The Morgan fingerprint density at radius 1 is 1.29 bits per heavy atom. The van der Waals surface area contributed by atoms with Gasteiger partial charge in [-0.25, -0.2) is 13.6 Å². The van der Waals surface area contributed by atoms with Crippen LogP contribution in [0.1, 0.15) is 21.7 Å². The van der Waals surface area contributed by atoms with E-state index in [9.17, 15) is 13.2 Å². The van der Waals surface area contributed by atoms with Gasteiger partial charge in [-0.2, -0.15) is 0 Å². The van der Waals surface area contributed by atoms with Gasteiger partial charge in [0.15, 0.2) is 0 Å². The minimum atomic E-state index is -3.75. The Morgan fingerprint density at radius 3 is 2.67 bits per heavy atom. The molecule has 0 saturated heterocycles. The molecule has 0 spiro atoms. The lowest BCUT2D eigenvalue weighted by Crippen LogP contribution is -2.35. The van der Waals surface area contributed by atoms with Crippen molar-refractivity contribution in [3.63, 3.8) is 0 Å². The lowest BCUT2D eigenvalue weighted by atomic mass is 10.1. The van der Waals surface area contributed by atoms with E-state index in [2.05, 4.69) is 5.16 Å². The standard InChI is InChI=1S/C13H13N3O4S/c14-21(18,19)11-3-1-9(2-4-11)13(17)16-6-5-12-10(8-16)7-15-20-12/h1-4,7H,5-6,8H2,(H2,14,18,19). The summed E-state index contributed by atoms with van der Waals surface area (Å²) in [5.41, 5.74) is 1.32. The number of fused-ring (bicyclic) bond motifs is 1. The second-order valence-corrected chi connectivity index (χ2v) is 6.38. The zero-order valence-electron chi connectivity index (χ0n) is 11.0. The van der Waals surface area contributed by atoms with Gasteiger partial charge in [-0.15, -0.1) is 0 Å². The van der Waals surface area contributed by atoms with Crippen molar-refractivity contribution >= 4 is 15.9 Å². The van der Waals surface area contributed by atoms with E-state index < -0.39 is 10.0 Å². The van der Waals surface area contributed by atoms with Gasteiger partial charge in [-0.05, 0) is 24.3 Å². The Labute approximate surface area is 121 Å². The van der Waals surface area contributed by atoms with Crippen LogP contribution in [-0.4, -0.2) is 30.9 Å². The van der Waals surface area contributed by atoms with Crippen molar-refractivity contribution in [1.82, 2.24) is 10.1 Å². The first-order chi connectivity index (χ1) is 9.95. The second kappa shape index (κ2) is 4.97. The molecule has 0 fully saturated rings. The zero-order chi connectivity index (χ0) is 15.0. The zero-order valence-corrected chi connectivity index (χ0v) is 11.8. The molecule has 21 heavy (non-hydrogen) atoms. The van der Waals surface area contributed by atoms with Crippen molar-refractivity contribution in [3.05, 3.63) is 47.3 Å². The van der Waals surface area contributed by atoms with Crippen LogP contribution in [0.4, 0.5) is 0 Å². The number of hydrogen-bond acceptors (Lipinski definition) is 5. The lowest BCUT2D eigenvalue weighted by molar-refractivity contribution is 0.0729. The summed E-state index contributed by atoms with van der Waals surface area (Å²) in [6.07, 6.45) is 2.23. The fourth-order valence-electron chi connectivity index (χ4n) is 2.28. The van der Waals surface area contributed by atoms with Crippen molar-refractivity contribution in [2.45, 2.75) is 17.9 Å². The van der Waals surface area contributed by atoms with Crippen LogP contribution in [0.5, 0.6) is 0 Å². The predicted octanol–water partition coefficient (Wildman–Crippen LogP) is 0.520. The molecule has 0 atom stereocenters. The number of carbonyl (C=O) groups excluding carboxylic acids is 1. The summed E-state index contributed by atoms with van der Waals surface area (Å²) in [6, 6.07) is 5.59. The summed E-state index contributed by atoms with van der Waals surface area (Å²) in [5.74, 6) is 0.645. The number of amides is 1. The highest BCUT2D eigenvalue weighted by Crippen LogP contribution is 2.20. The summed E-state index contributed by atoms with van der Waals surface area (Å²) in [6.45, 7) is 0.979. The highest BCUT2D eigenvalue weighted by atomic mass is 32.2. The van der Waals surface area contributed by atoms with Gasteiger partial charge in [0.2, 0.25) is 10.0 Å². The third-order valence-corrected chi connectivity index (χ3v) is 4.35. The van der Waals surface area contributed by atoms with Crippen LogP contribution in [-0.2, 0) is 23.0 Å². The number of benzene rings is 1. The van der Waals surface area contributed by atoms with E-state index in [0.29, 0.717) is 25.1 Å². The largest absolute Gasteiger partial charge is 0.361 e. The van der Waals surface area contributed by atoms with Crippen molar-refractivity contribution < 1.29 is 17.7 Å². The maximum atomic E-state index is 12.4. The van der Waals surface area contributed by atoms with E-state index in [-0.39, 0.29) is 10.8 Å². The molecule has 0 aliphatic carbocycles. The van der Waals surface area contributed by atoms with Gasteiger partial charge in [0.05, 0.1) is 17.6 Å². The Balaban J connectivity index is 1.80. The molecule has 0 bridgehead atoms. The van der Waals surface area contributed by atoms with Crippen LogP contribution in [0, 0.1) is 0 Å². The number of sulfonamides is 1. The van der Waals surface area contributed by atoms with Crippen molar-refractivity contribution in [2.75, 3.05) is 6.54 Å². The first kappa shape index (κ1) is 13.8. The molecule has 1 aromatic heterocycles. The van der Waals surface area contributed by atoms with Crippen LogP contribution >= 0.6 is 0 Å². The van der Waals surface area contributed by atoms with Crippen LogP contribution in [0.3, 0.4) is 0 Å². The maximum absolute atomic E-state index is 12.4. The number of primary sulfonamides is 1. The fraction of sp³-hybridized carbons (Fsp3) is 0.231. The molecule has 1 amide bonds. The molecule has 3 rings (SSSR count). The van der Waals surface area contributed by atoms with Gasteiger partial charge >= 0.3 is 0 Å². The number of aromatic nitrogens is 1. The quantitative estimate of drug-likeness (QED) is 0.870. The average molecular weight is 307 g/mol. The van der Waals surface area contributed by atoms with E-state index in [1.54, 1.807) is 11.1 Å². The molecule has 1 aliphatic rings. The van der Waals surface area contributed by atoms with E-state index in [1.807, 2.05) is 0 Å². The number of carbonyl (C=O) groups is 1. The Bertz CT molecular complexity index is 780. The molecule has 0 saturated carbocycles. The molecule has 7 nitrogen and oxygen atoms in total. The first-order valence-corrected chi connectivity index (χ1v) is 7.84. The minimum Gasteiger partial charge on any atom is -0.361 e. The number of rotatable bonds is 2. The number of nitrogens with zero attached hydrogens (tertiary/aromatic N) is 2. The maximum Gasteiger partial charge on any atom is 0.254 e. The van der Waals surface area contributed by atoms with Gasteiger partial charge in [-0.3, -0.25) is 4.79 Å². The van der Waals surface area contributed by atoms with Crippen molar-refractivity contribution in [2.24, 2.45) is 5.14 Å². The highest BCUT2D eigenvalue weighted by Gasteiger charge is 2.24. The van der Waals surface area contributed by atoms with Gasteiger partial charge in [-0.1, -0.05) is 5.16 Å². The third kappa shape index (κ3) is 2.67. The summed E-state index contributed by atoms with van der Waals surface area (Å²) >= 11 is 0. The smallest absolute Gasteiger partial charge is 0.254 e. The molecule has 110 valence electrons. The van der Waals surface area contributed by atoms with Crippen LogP contribution in [0.25, 0.3) is 0 Å². The van der Waals surface area contributed by atoms with E-state index in [1.165, 1.54) is 24.3 Å². The Hall–Kier alpha value is -2.19. The van der Waals surface area contributed by atoms with Gasteiger partial charge in [0.1, 0.15) is 5.76 Å². The summed E-state index contributed by atoms with van der Waals surface area (Å²) in [7, 11) is -3.75. The Kier molecular flexibility index (Phi) is 3.26. The van der Waals surface area contributed by atoms with Crippen LogP contribution in [0.15, 0.2) is 39.9 Å². The Morgan fingerprint density at radius 2 is 2.00 bits per heavy atom. The second-order valence-electron chi connectivity index (χ2n) is 4.82. The highest BCUT2D eigenvalue weighted by molar-refractivity contribution is 7.89. The van der Waals surface area contributed by atoms with E-state index in [0.717, 1.165) is 11.3 Å². The molecular formula is C13H13N3O4S. The third-order valence-electron chi connectivity index (χ3n) is 3.42. The molecular weight excluding hydrogens is 294 g/mol. The van der Waals surface area contributed by atoms with Crippen molar-refractivity contribution in [3.8, 4) is 0 Å². The predicted molar refractivity (Wildman–Crippen MR) is 72.8 cm³/mol. The monoisotopic (exact) mass is 307 g/mol. The first-order valence-electron chi connectivity index (χ1n) is 6.30. The molecule has 1 aliphatic heterocycles. The summed E-state index contributed by atoms with van der Waals surface area (Å²) in [4.78, 5) is 14.0. The van der Waals surface area contributed by atoms with Crippen LogP contribution in [0.2, 0.25) is 0 Å².